The van der Waals surface area contributed by atoms with Gasteiger partial charge in [0, 0.05) is 36.6 Å². The van der Waals surface area contributed by atoms with Crippen molar-refractivity contribution in [2.24, 2.45) is 0 Å². The smallest absolute Gasteiger partial charge is 0.268 e. The van der Waals surface area contributed by atoms with Crippen LogP contribution in [-0.4, -0.2) is 47.8 Å². The maximum atomic E-state index is 13.6. The molecule has 4 heterocycles. The minimum Gasteiger partial charge on any atom is -0.376 e. The van der Waals surface area contributed by atoms with Crippen molar-refractivity contribution in [3.63, 3.8) is 0 Å². The molecule has 8 nitrogen and oxygen atoms in total. The summed E-state index contributed by atoms with van der Waals surface area (Å²) in [4.78, 5) is 13.5. The van der Waals surface area contributed by atoms with E-state index in [9.17, 15) is 13.2 Å². The molecule has 0 aliphatic carbocycles. The van der Waals surface area contributed by atoms with Gasteiger partial charge in [0.05, 0.1) is 23.2 Å². The van der Waals surface area contributed by atoms with Gasteiger partial charge in [-0.2, -0.15) is 5.10 Å². The minimum absolute atomic E-state index is 0.0109. The fourth-order valence-corrected chi connectivity index (χ4v) is 7.34. The largest absolute Gasteiger partial charge is 0.376 e. The van der Waals surface area contributed by atoms with Crippen LogP contribution in [0.2, 0.25) is 0 Å². The number of para-hydroxylation sites is 1. The van der Waals surface area contributed by atoms with Gasteiger partial charge in [-0.1, -0.05) is 18.2 Å². The average Bonchev–Trinajstić information content (AvgIpc) is 3.58. The van der Waals surface area contributed by atoms with E-state index in [1.165, 1.54) is 8.99 Å². The number of benzene rings is 1. The van der Waals surface area contributed by atoms with Crippen LogP contribution in [0, 0.1) is 27.7 Å². The van der Waals surface area contributed by atoms with Crippen molar-refractivity contribution >= 4 is 21.5 Å². The summed E-state index contributed by atoms with van der Waals surface area (Å²) in [5.41, 5.74) is 5.20. The van der Waals surface area contributed by atoms with Crippen LogP contribution in [0.4, 0.5) is 5.69 Å². The number of sulfonamides is 1. The molecule has 5 rings (SSSR count). The van der Waals surface area contributed by atoms with Crippen molar-refractivity contribution < 1.29 is 17.9 Å². The van der Waals surface area contributed by atoms with Gasteiger partial charge in [-0.3, -0.25) is 13.8 Å². The summed E-state index contributed by atoms with van der Waals surface area (Å²) < 4.78 is 38.2. The third-order valence-corrected chi connectivity index (χ3v) is 9.35. The van der Waals surface area contributed by atoms with Crippen molar-refractivity contribution in [3.8, 4) is 0 Å². The summed E-state index contributed by atoms with van der Waals surface area (Å²) >= 11 is 0. The van der Waals surface area contributed by atoms with E-state index >= 15 is 0 Å². The number of ether oxygens (including phenoxy) is 1. The highest BCUT2D eigenvalue weighted by atomic mass is 32.2. The molecule has 9 heteroatoms. The number of hydrogen-bond donors (Lipinski definition) is 0. The Kier molecular flexibility index (Phi) is 6.09. The second-order valence-electron chi connectivity index (χ2n) is 9.57. The van der Waals surface area contributed by atoms with Gasteiger partial charge >= 0.3 is 0 Å². The topological polar surface area (TPSA) is 86.4 Å². The van der Waals surface area contributed by atoms with E-state index in [4.69, 9.17) is 4.74 Å². The first-order valence-corrected chi connectivity index (χ1v) is 13.6. The van der Waals surface area contributed by atoms with E-state index in [2.05, 4.69) is 9.67 Å². The van der Waals surface area contributed by atoms with E-state index in [-0.39, 0.29) is 23.3 Å². The number of rotatable bonds is 7. The Hall–Kier alpha value is -2.91. The second-order valence-corrected chi connectivity index (χ2v) is 11.4. The Morgan fingerprint density at radius 1 is 1.14 bits per heavy atom. The van der Waals surface area contributed by atoms with Crippen LogP contribution in [-0.2, 0) is 34.3 Å². The third kappa shape index (κ3) is 4.10. The van der Waals surface area contributed by atoms with E-state index in [0.717, 1.165) is 42.9 Å². The molecule has 2 aliphatic heterocycles. The highest BCUT2D eigenvalue weighted by Crippen LogP contribution is 2.34. The number of Topliss-reactive ketones (excluding diaryl/α,β-unsaturated/α-hetero) is 1. The van der Waals surface area contributed by atoms with Crippen molar-refractivity contribution in [1.29, 1.82) is 0 Å². The summed E-state index contributed by atoms with van der Waals surface area (Å²) in [5.74, 6) is -0.0854. The van der Waals surface area contributed by atoms with E-state index in [1.54, 1.807) is 13.8 Å². The molecule has 186 valence electrons. The molecule has 0 N–H and O–H groups in total. The minimum atomic E-state index is -3.80. The molecule has 1 aromatic carbocycles. The van der Waals surface area contributed by atoms with Gasteiger partial charge in [0.15, 0.2) is 5.78 Å². The van der Waals surface area contributed by atoms with Crippen LogP contribution >= 0.6 is 0 Å². The molecule has 35 heavy (non-hydrogen) atoms. The fourth-order valence-electron chi connectivity index (χ4n) is 5.45. The first-order chi connectivity index (χ1) is 16.7. The van der Waals surface area contributed by atoms with E-state index in [1.807, 2.05) is 44.2 Å². The Bertz CT molecular complexity index is 1400. The van der Waals surface area contributed by atoms with Gasteiger partial charge in [0.1, 0.15) is 11.4 Å². The highest BCUT2D eigenvalue weighted by molar-refractivity contribution is 7.93. The average molecular weight is 497 g/mol. The third-order valence-electron chi connectivity index (χ3n) is 7.29. The molecule has 0 saturated carbocycles. The maximum absolute atomic E-state index is 13.6. The zero-order valence-electron chi connectivity index (χ0n) is 20.7. The van der Waals surface area contributed by atoms with Crippen LogP contribution < -0.4 is 4.31 Å². The molecule has 1 fully saturated rings. The first-order valence-electron chi connectivity index (χ1n) is 12.1. The highest BCUT2D eigenvalue weighted by Gasteiger charge is 2.35. The van der Waals surface area contributed by atoms with Crippen LogP contribution in [0.3, 0.4) is 0 Å². The molecular formula is C26H32N4O4S. The molecule has 2 aliphatic rings. The van der Waals surface area contributed by atoms with Crippen molar-refractivity contribution in [1.82, 2.24) is 14.3 Å². The molecule has 0 amide bonds. The zero-order chi connectivity index (χ0) is 24.9. The van der Waals surface area contributed by atoms with Crippen molar-refractivity contribution in [2.75, 3.05) is 17.5 Å². The summed E-state index contributed by atoms with van der Waals surface area (Å²) in [5, 5.41) is 4.47. The van der Waals surface area contributed by atoms with Gasteiger partial charge in [-0.05, 0) is 64.7 Å². The Balaban J connectivity index is 1.41. The molecular weight excluding hydrogens is 464 g/mol. The van der Waals surface area contributed by atoms with Gasteiger partial charge in [0.2, 0.25) is 0 Å². The molecule has 0 bridgehead atoms. The summed E-state index contributed by atoms with van der Waals surface area (Å²) in [6.07, 6.45) is 2.97. The molecule has 2 aromatic heterocycles. The van der Waals surface area contributed by atoms with Gasteiger partial charge < -0.3 is 9.30 Å². The molecule has 0 spiro atoms. The zero-order valence-corrected chi connectivity index (χ0v) is 21.6. The van der Waals surface area contributed by atoms with Gasteiger partial charge in [0.25, 0.3) is 10.0 Å². The second kappa shape index (κ2) is 8.95. The number of ketones is 1. The molecule has 3 aromatic rings. The fraction of sp³-hybridized carbons (Fsp3) is 0.462. The Morgan fingerprint density at radius 3 is 2.66 bits per heavy atom. The number of aryl methyl sites for hydroxylation is 2. The number of carbonyl (C=O) groups is 1. The quantitative estimate of drug-likeness (QED) is 0.465. The van der Waals surface area contributed by atoms with E-state index < -0.39 is 10.0 Å². The lowest BCUT2D eigenvalue weighted by Crippen LogP contribution is -2.30. The predicted molar refractivity (Wildman–Crippen MR) is 134 cm³/mol. The van der Waals surface area contributed by atoms with Crippen LogP contribution in [0.25, 0.3) is 0 Å². The predicted octanol–water partition coefficient (Wildman–Crippen LogP) is 3.73. The van der Waals surface area contributed by atoms with Crippen LogP contribution in [0.1, 0.15) is 51.5 Å². The SMILES string of the molecule is Cc1nn(CC(=O)c2cc(C)n(CC3CCCO3)c2C)c(C)c1S(=O)(=O)N1CCc2ccccc21. The normalized spacial score (nSPS) is 17.8. The standard InChI is InChI=1S/C26H32N4O4S/c1-17-14-23(19(3)28(17)15-22-9-7-13-34-22)25(31)16-29-20(4)26(18(2)27-29)35(32,33)30-12-11-21-8-5-6-10-24(21)30/h5-6,8,10,14,22H,7,9,11-13,15-16H2,1-4H3. The molecule has 1 atom stereocenters. The number of carbonyl (C=O) groups excluding carboxylic acids is 1. The number of nitrogens with zero attached hydrogens (tertiary/aromatic N) is 4. The van der Waals surface area contributed by atoms with Gasteiger partial charge in [-0.25, -0.2) is 8.42 Å². The summed E-state index contributed by atoms with van der Waals surface area (Å²) in [6.45, 7) is 9.30. The Morgan fingerprint density at radius 2 is 1.91 bits per heavy atom. The Labute approximate surface area is 206 Å². The molecule has 1 unspecified atom stereocenters. The van der Waals surface area contributed by atoms with Gasteiger partial charge in [-0.15, -0.1) is 0 Å². The molecule has 0 radical (unpaired) electrons. The van der Waals surface area contributed by atoms with E-state index in [0.29, 0.717) is 35.6 Å². The number of anilines is 1. The number of aromatic nitrogens is 3. The number of fused-ring (bicyclic) bond motifs is 1. The lowest BCUT2D eigenvalue weighted by Gasteiger charge is -2.19. The monoisotopic (exact) mass is 496 g/mol. The number of hydrogen-bond acceptors (Lipinski definition) is 5. The lowest BCUT2D eigenvalue weighted by molar-refractivity contribution is 0.0946. The van der Waals surface area contributed by atoms with Crippen LogP contribution in [0.15, 0.2) is 35.2 Å². The maximum Gasteiger partial charge on any atom is 0.268 e. The summed E-state index contributed by atoms with van der Waals surface area (Å²) in [7, 11) is -3.80. The first kappa shape index (κ1) is 23.8. The van der Waals surface area contributed by atoms with Crippen LogP contribution in [0.5, 0.6) is 0 Å². The molecule has 1 saturated heterocycles. The van der Waals surface area contributed by atoms with Crippen molar-refractivity contribution in [3.05, 3.63) is 64.2 Å². The summed E-state index contributed by atoms with van der Waals surface area (Å²) in [6, 6.07) is 9.49. The van der Waals surface area contributed by atoms with Crippen molar-refractivity contribution in [2.45, 2.75) is 71.0 Å². The lowest BCUT2D eigenvalue weighted by atomic mass is 10.1.